The third kappa shape index (κ3) is 15.9. The van der Waals surface area contributed by atoms with Gasteiger partial charge in [0.2, 0.25) is 0 Å². The quantitative estimate of drug-likeness (QED) is 0.297. The molecule has 5 heteroatoms. The average Bonchev–Trinajstić information content (AvgIpc) is 2.35. The first-order chi connectivity index (χ1) is 8.41. The zero-order valence-electron chi connectivity index (χ0n) is 10.5. The van der Waals surface area contributed by atoms with Gasteiger partial charge < -0.3 is 18.9 Å². The predicted molar refractivity (Wildman–Crippen MR) is 71.6 cm³/mol. The molecule has 0 aromatic carbocycles. The zero-order chi connectivity index (χ0) is 12.6. The monoisotopic (exact) mass is 310 g/mol. The van der Waals surface area contributed by atoms with Gasteiger partial charge in [-0.25, -0.2) is 0 Å². The Bertz CT molecular complexity index is 165. The molecule has 0 fully saturated rings. The molecular formula is C12H23BrO4. The van der Waals surface area contributed by atoms with Gasteiger partial charge in [0.15, 0.2) is 0 Å². The van der Waals surface area contributed by atoms with Crippen LogP contribution < -0.4 is 0 Å². The number of hydrogen-bond donors (Lipinski definition) is 0. The van der Waals surface area contributed by atoms with Crippen LogP contribution in [0.15, 0.2) is 12.3 Å². The number of rotatable bonds is 13. The Kier molecular flexibility index (Phi) is 15.8. The molecule has 0 amide bonds. The van der Waals surface area contributed by atoms with Crippen LogP contribution in [0.3, 0.4) is 0 Å². The molecule has 0 aliphatic rings. The molecule has 0 N–H and O–H groups in total. The lowest BCUT2D eigenvalue weighted by Gasteiger charge is -2.06. The molecule has 0 unspecified atom stereocenters. The van der Waals surface area contributed by atoms with Gasteiger partial charge in [0.05, 0.1) is 45.9 Å². The number of allylic oxidation sites excluding steroid dienone is 1. The fraction of sp³-hybridized carbons (Fsp3) is 0.833. The molecule has 0 saturated heterocycles. The van der Waals surface area contributed by atoms with E-state index in [-0.39, 0.29) is 0 Å². The SMILES string of the molecule is CCC=COCCOCCOCCOCCBr. The van der Waals surface area contributed by atoms with Crippen molar-refractivity contribution in [3.63, 3.8) is 0 Å². The summed E-state index contributed by atoms with van der Waals surface area (Å²) in [4.78, 5) is 0. The smallest absolute Gasteiger partial charge is 0.111 e. The lowest BCUT2D eigenvalue weighted by Crippen LogP contribution is -2.11. The maximum Gasteiger partial charge on any atom is 0.111 e. The minimum atomic E-state index is 0.588. The van der Waals surface area contributed by atoms with Gasteiger partial charge in [-0.3, -0.25) is 0 Å². The van der Waals surface area contributed by atoms with Gasteiger partial charge in [-0.15, -0.1) is 0 Å². The van der Waals surface area contributed by atoms with Crippen molar-refractivity contribution >= 4 is 15.9 Å². The van der Waals surface area contributed by atoms with Crippen molar-refractivity contribution in [3.8, 4) is 0 Å². The van der Waals surface area contributed by atoms with E-state index in [4.69, 9.17) is 18.9 Å². The zero-order valence-corrected chi connectivity index (χ0v) is 12.1. The number of halogens is 1. The van der Waals surface area contributed by atoms with Gasteiger partial charge in [0.1, 0.15) is 6.61 Å². The number of ether oxygens (including phenoxy) is 4. The molecular weight excluding hydrogens is 288 g/mol. The van der Waals surface area contributed by atoms with Crippen molar-refractivity contribution < 1.29 is 18.9 Å². The van der Waals surface area contributed by atoms with Gasteiger partial charge in [0.25, 0.3) is 0 Å². The Labute approximate surface area is 112 Å². The fourth-order valence-electron chi connectivity index (χ4n) is 0.936. The van der Waals surface area contributed by atoms with Crippen molar-refractivity contribution in [1.82, 2.24) is 0 Å². The third-order valence-electron chi connectivity index (χ3n) is 1.74. The van der Waals surface area contributed by atoms with Crippen molar-refractivity contribution in [1.29, 1.82) is 0 Å². The fourth-order valence-corrected chi connectivity index (χ4v) is 1.16. The molecule has 0 saturated carbocycles. The van der Waals surface area contributed by atoms with E-state index >= 15 is 0 Å². The lowest BCUT2D eigenvalue weighted by atomic mass is 10.5. The summed E-state index contributed by atoms with van der Waals surface area (Å²) in [5, 5.41) is 0.864. The van der Waals surface area contributed by atoms with Crippen LogP contribution in [0, 0.1) is 0 Å². The molecule has 0 radical (unpaired) electrons. The highest BCUT2D eigenvalue weighted by molar-refractivity contribution is 9.09. The standard InChI is InChI=1S/C12H23BrO4/c1-2-3-5-14-7-9-16-11-12-17-10-8-15-6-4-13/h3,5H,2,4,6-12H2,1H3. The Balaban J connectivity index is 2.91. The number of alkyl halides is 1. The predicted octanol–water partition coefficient (Wildman–Crippen LogP) is 2.37. The minimum Gasteiger partial charge on any atom is -0.499 e. The minimum absolute atomic E-state index is 0.588. The summed E-state index contributed by atoms with van der Waals surface area (Å²) in [6, 6.07) is 0. The van der Waals surface area contributed by atoms with E-state index in [1.807, 2.05) is 6.08 Å². The summed E-state index contributed by atoms with van der Waals surface area (Å²) in [6.45, 7) is 6.42. The van der Waals surface area contributed by atoms with Crippen LogP contribution in [0.5, 0.6) is 0 Å². The molecule has 0 aliphatic heterocycles. The molecule has 17 heavy (non-hydrogen) atoms. The van der Waals surface area contributed by atoms with Gasteiger partial charge in [0, 0.05) is 5.33 Å². The van der Waals surface area contributed by atoms with Crippen molar-refractivity contribution in [2.45, 2.75) is 13.3 Å². The molecule has 0 aliphatic carbocycles. The van der Waals surface area contributed by atoms with Crippen molar-refractivity contribution in [3.05, 3.63) is 12.3 Å². The molecule has 0 aromatic rings. The molecule has 0 rings (SSSR count). The van der Waals surface area contributed by atoms with Crippen molar-refractivity contribution in [2.75, 3.05) is 51.6 Å². The van der Waals surface area contributed by atoms with Gasteiger partial charge in [-0.1, -0.05) is 28.9 Å². The van der Waals surface area contributed by atoms with E-state index in [0.717, 1.165) is 18.4 Å². The Hall–Kier alpha value is -0.100. The van der Waals surface area contributed by atoms with Crippen LogP contribution in [-0.4, -0.2) is 51.6 Å². The summed E-state index contributed by atoms with van der Waals surface area (Å²) < 4.78 is 21.0. The molecule has 0 spiro atoms. The van der Waals surface area contributed by atoms with E-state index in [1.165, 1.54) is 0 Å². The maximum atomic E-state index is 5.31. The first-order valence-corrected chi connectivity index (χ1v) is 7.09. The Morgan fingerprint density at radius 1 is 0.824 bits per heavy atom. The molecule has 0 aromatic heterocycles. The maximum absolute atomic E-state index is 5.31. The highest BCUT2D eigenvalue weighted by atomic mass is 79.9. The van der Waals surface area contributed by atoms with E-state index in [9.17, 15) is 0 Å². The van der Waals surface area contributed by atoms with Gasteiger partial charge >= 0.3 is 0 Å². The Morgan fingerprint density at radius 2 is 1.35 bits per heavy atom. The van der Waals surface area contributed by atoms with Crippen LogP contribution >= 0.6 is 15.9 Å². The number of hydrogen-bond acceptors (Lipinski definition) is 4. The second kappa shape index (κ2) is 15.9. The van der Waals surface area contributed by atoms with Gasteiger partial charge in [-0.2, -0.15) is 0 Å². The largest absolute Gasteiger partial charge is 0.499 e. The van der Waals surface area contributed by atoms with Crippen LogP contribution in [0.1, 0.15) is 13.3 Å². The first kappa shape index (κ1) is 16.9. The Morgan fingerprint density at radius 3 is 1.88 bits per heavy atom. The summed E-state index contributed by atoms with van der Waals surface area (Å²) in [5.74, 6) is 0. The second-order valence-corrected chi connectivity index (χ2v) is 3.97. The molecule has 102 valence electrons. The highest BCUT2D eigenvalue weighted by Gasteiger charge is 1.91. The highest BCUT2D eigenvalue weighted by Crippen LogP contribution is 1.85. The van der Waals surface area contributed by atoms with Crippen LogP contribution in [0.25, 0.3) is 0 Å². The summed E-state index contributed by atoms with van der Waals surface area (Å²) in [7, 11) is 0. The molecule has 0 heterocycles. The van der Waals surface area contributed by atoms with Crippen LogP contribution in [0.4, 0.5) is 0 Å². The lowest BCUT2D eigenvalue weighted by molar-refractivity contribution is 0.00879. The summed E-state index contributed by atoms with van der Waals surface area (Å²) >= 11 is 3.28. The average molecular weight is 311 g/mol. The normalized spacial score (nSPS) is 11.2. The van der Waals surface area contributed by atoms with E-state index in [2.05, 4.69) is 22.9 Å². The second-order valence-electron chi connectivity index (χ2n) is 3.18. The molecule has 0 atom stereocenters. The van der Waals surface area contributed by atoms with Gasteiger partial charge in [-0.05, 0) is 6.42 Å². The third-order valence-corrected chi connectivity index (χ3v) is 2.06. The first-order valence-electron chi connectivity index (χ1n) is 5.97. The van der Waals surface area contributed by atoms with Crippen molar-refractivity contribution in [2.24, 2.45) is 0 Å². The van der Waals surface area contributed by atoms with E-state index in [1.54, 1.807) is 6.26 Å². The molecule has 4 nitrogen and oxygen atoms in total. The van der Waals surface area contributed by atoms with E-state index < -0.39 is 0 Å². The summed E-state index contributed by atoms with van der Waals surface area (Å²) in [5.41, 5.74) is 0. The molecule has 0 bridgehead atoms. The van der Waals surface area contributed by atoms with Crippen LogP contribution in [0.2, 0.25) is 0 Å². The summed E-state index contributed by atoms with van der Waals surface area (Å²) in [6.07, 6.45) is 4.67. The van der Waals surface area contributed by atoms with E-state index in [0.29, 0.717) is 39.6 Å². The van der Waals surface area contributed by atoms with Crippen LogP contribution in [-0.2, 0) is 18.9 Å². The topological polar surface area (TPSA) is 36.9 Å².